The number of aromatic nitrogens is 5. The zero-order chi connectivity index (χ0) is 16.8. The van der Waals surface area contributed by atoms with Crippen LogP contribution in [0.1, 0.15) is 22.9 Å². The molecule has 0 aromatic carbocycles. The lowest BCUT2D eigenvalue weighted by molar-refractivity contribution is -0.141. The SMILES string of the molecule is Cc1c(C(F)(F)F)nc2ccc(C=Cc3nc(Br)cn3C)nn12. The van der Waals surface area contributed by atoms with Gasteiger partial charge in [-0.25, -0.2) is 14.5 Å². The summed E-state index contributed by atoms with van der Waals surface area (Å²) in [5.41, 5.74) is -0.292. The lowest BCUT2D eigenvalue weighted by Gasteiger charge is -2.02. The van der Waals surface area contributed by atoms with Gasteiger partial charge in [-0.2, -0.15) is 18.3 Å². The third kappa shape index (κ3) is 3.00. The van der Waals surface area contributed by atoms with Gasteiger partial charge in [0.05, 0.1) is 11.4 Å². The molecule has 0 atom stereocenters. The van der Waals surface area contributed by atoms with E-state index in [9.17, 15) is 13.2 Å². The van der Waals surface area contributed by atoms with Crippen LogP contribution >= 0.6 is 15.9 Å². The first-order chi connectivity index (χ1) is 10.8. The Labute approximate surface area is 137 Å². The fourth-order valence-electron chi connectivity index (χ4n) is 2.17. The Morgan fingerprint density at radius 1 is 1.17 bits per heavy atom. The van der Waals surface area contributed by atoms with E-state index >= 15 is 0 Å². The van der Waals surface area contributed by atoms with Crippen molar-refractivity contribution in [3.8, 4) is 0 Å². The van der Waals surface area contributed by atoms with Crippen LogP contribution in [0.3, 0.4) is 0 Å². The fraction of sp³-hybridized carbons (Fsp3) is 0.214. The molecule has 0 fully saturated rings. The van der Waals surface area contributed by atoms with Crippen LogP contribution in [0.4, 0.5) is 13.2 Å². The van der Waals surface area contributed by atoms with E-state index in [2.05, 4.69) is 31.0 Å². The summed E-state index contributed by atoms with van der Waals surface area (Å²) in [7, 11) is 1.84. The molecule has 0 N–H and O–H groups in total. The van der Waals surface area contributed by atoms with Crippen LogP contribution in [0, 0.1) is 6.92 Å². The van der Waals surface area contributed by atoms with Crippen LogP contribution in [0.25, 0.3) is 17.8 Å². The largest absolute Gasteiger partial charge is 0.435 e. The molecule has 0 aliphatic carbocycles. The summed E-state index contributed by atoms with van der Waals surface area (Å²) in [5, 5.41) is 4.18. The molecule has 23 heavy (non-hydrogen) atoms. The number of nitrogens with zero attached hydrogens (tertiary/aromatic N) is 5. The quantitative estimate of drug-likeness (QED) is 0.675. The number of aryl methyl sites for hydroxylation is 2. The molecule has 120 valence electrons. The molecule has 0 saturated heterocycles. The summed E-state index contributed by atoms with van der Waals surface area (Å²) >= 11 is 3.27. The highest BCUT2D eigenvalue weighted by molar-refractivity contribution is 9.10. The highest BCUT2D eigenvalue weighted by atomic mass is 79.9. The number of rotatable bonds is 2. The van der Waals surface area contributed by atoms with Crippen molar-refractivity contribution < 1.29 is 13.2 Å². The molecular weight excluding hydrogens is 375 g/mol. The molecule has 3 aromatic rings. The maximum Gasteiger partial charge on any atom is 0.435 e. The number of fused-ring (bicyclic) bond motifs is 1. The second-order valence-electron chi connectivity index (χ2n) is 4.94. The predicted octanol–water partition coefficient (Wildman–Crippen LogP) is 3.72. The van der Waals surface area contributed by atoms with Crippen LogP contribution in [-0.4, -0.2) is 24.1 Å². The average molecular weight is 386 g/mol. The zero-order valence-electron chi connectivity index (χ0n) is 12.1. The summed E-state index contributed by atoms with van der Waals surface area (Å²) < 4.78 is 42.3. The van der Waals surface area contributed by atoms with Crippen LogP contribution in [0.5, 0.6) is 0 Å². The van der Waals surface area contributed by atoms with Gasteiger partial charge in [-0.3, -0.25) is 0 Å². The van der Waals surface area contributed by atoms with E-state index in [4.69, 9.17) is 0 Å². The van der Waals surface area contributed by atoms with E-state index < -0.39 is 11.9 Å². The van der Waals surface area contributed by atoms with Crippen molar-refractivity contribution in [1.29, 1.82) is 0 Å². The molecule has 0 spiro atoms. The van der Waals surface area contributed by atoms with Gasteiger partial charge in [0.15, 0.2) is 11.3 Å². The predicted molar refractivity (Wildman–Crippen MR) is 82.6 cm³/mol. The Morgan fingerprint density at radius 3 is 2.52 bits per heavy atom. The Hall–Kier alpha value is -2.16. The topological polar surface area (TPSA) is 48.0 Å². The van der Waals surface area contributed by atoms with Crippen molar-refractivity contribution >= 4 is 33.7 Å². The Bertz CT molecular complexity index is 907. The number of hydrogen-bond donors (Lipinski definition) is 0. The van der Waals surface area contributed by atoms with Gasteiger partial charge in [0.2, 0.25) is 0 Å². The van der Waals surface area contributed by atoms with Crippen molar-refractivity contribution in [3.05, 3.63) is 45.8 Å². The highest BCUT2D eigenvalue weighted by Crippen LogP contribution is 2.31. The Morgan fingerprint density at radius 2 is 1.91 bits per heavy atom. The van der Waals surface area contributed by atoms with Crippen LogP contribution in [-0.2, 0) is 13.2 Å². The fourth-order valence-corrected chi connectivity index (χ4v) is 2.66. The molecule has 0 unspecified atom stereocenters. The molecule has 3 heterocycles. The zero-order valence-corrected chi connectivity index (χ0v) is 13.7. The van der Waals surface area contributed by atoms with Crippen LogP contribution in [0.15, 0.2) is 22.9 Å². The highest BCUT2D eigenvalue weighted by Gasteiger charge is 2.36. The van der Waals surface area contributed by atoms with Crippen LogP contribution in [0.2, 0.25) is 0 Å². The second kappa shape index (κ2) is 5.48. The van der Waals surface area contributed by atoms with Gasteiger partial charge in [0.25, 0.3) is 0 Å². The smallest absolute Gasteiger partial charge is 0.333 e. The van der Waals surface area contributed by atoms with Crippen molar-refractivity contribution in [1.82, 2.24) is 24.1 Å². The van der Waals surface area contributed by atoms with Crippen molar-refractivity contribution in [2.24, 2.45) is 7.05 Å². The maximum absolute atomic E-state index is 12.9. The van der Waals surface area contributed by atoms with Crippen molar-refractivity contribution in [3.63, 3.8) is 0 Å². The number of halogens is 4. The molecule has 5 nitrogen and oxygen atoms in total. The van der Waals surface area contributed by atoms with E-state index in [-0.39, 0.29) is 11.3 Å². The summed E-state index contributed by atoms with van der Waals surface area (Å²) in [6.45, 7) is 1.35. The molecule has 9 heteroatoms. The summed E-state index contributed by atoms with van der Waals surface area (Å²) in [6, 6.07) is 3.11. The van der Waals surface area contributed by atoms with Gasteiger partial charge in [-0.05, 0) is 47.1 Å². The van der Waals surface area contributed by atoms with Gasteiger partial charge in [-0.1, -0.05) is 0 Å². The van der Waals surface area contributed by atoms with Gasteiger partial charge in [-0.15, -0.1) is 0 Å². The first-order valence-electron chi connectivity index (χ1n) is 6.56. The van der Waals surface area contributed by atoms with E-state index in [1.807, 2.05) is 11.6 Å². The van der Waals surface area contributed by atoms with E-state index in [0.717, 1.165) is 0 Å². The van der Waals surface area contributed by atoms with Gasteiger partial charge >= 0.3 is 6.18 Å². The summed E-state index contributed by atoms with van der Waals surface area (Å²) in [5.74, 6) is 0.692. The number of imidazole rings is 2. The molecule has 0 aliphatic heterocycles. The maximum atomic E-state index is 12.9. The average Bonchev–Trinajstić information content (AvgIpc) is 2.96. The van der Waals surface area contributed by atoms with Gasteiger partial charge in [0.1, 0.15) is 10.4 Å². The minimum atomic E-state index is -4.49. The number of alkyl halides is 3. The first-order valence-corrected chi connectivity index (χ1v) is 7.35. The van der Waals surface area contributed by atoms with E-state index in [1.165, 1.54) is 17.5 Å². The minimum absolute atomic E-state index is 0.0394. The summed E-state index contributed by atoms with van der Waals surface area (Å²) in [6.07, 6.45) is 0.718. The molecule has 3 aromatic heterocycles. The summed E-state index contributed by atoms with van der Waals surface area (Å²) in [4.78, 5) is 7.83. The van der Waals surface area contributed by atoms with Crippen molar-refractivity contribution in [2.75, 3.05) is 0 Å². The second-order valence-corrected chi connectivity index (χ2v) is 5.75. The van der Waals surface area contributed by atoms with E-state index in [1.54, 1.807) is 24.4 Å². The third-order valence-electron chi connectivity index (χ3n) is 3.28. The standard InChI is InChI=1S/C14H11BrF3N5/c1-8-13(14(16,17)18)20-12-6-4-9(21-23(8)12)3-5-11-19-10(15)7-22(11)2/h3-7H,1-2H3. The lowest BCUT2D eigenvalue weighted by atomic mass is 10.3. The first kappa shape index (κ1) is 15.7. The van der Waals surface area contributed by atoms with Crippen molar-refractivity contribution in [2.45, 2.75) is 13.1 Å². The molecule has 3 rings (SSSR count). The Kier molecular flexibility index (Phi) is 3.75. The molecule has 0 bridgehead atoms. The molecule has 0 saturated carbocycles. The van der Waals surface area contributed by atoms with Gasteiger partial charge in [0, 0.05) is 13.2 Å². The van der Waals surface area contributed by atoms with Gasteiger partial charge < -0.3 is 4.57 Å². The molecule has 0 radical (unpaired) electrons. The molecule has 0 aliphatic rings. The minimum Gasteiger partial charge on any atom is -0.333 e. The normalized spacial score (nSPS) is 12.6. The molecule has 0 amide bonds. The monoisotopic (exact) mass is 385 g/mol. The lowest BCUT2D eigenvalue weighted by Crippen LogP contribution is -2.08. The number of hydrogen-bond acceptors (Lipinski definition) is 3. The van der Waals surface area contributed by atoms with Crippen LogP contribution < -0.4 is 0 Å². The third-order valence-corrected chi connectivity index (χ3v) is 3.66. The Balaban J connectivity index is 2.00. The molecular formula is C14H11BrF3N5. The van der Waals surface area contributed by atoms with E-state index in [0.29, 0.717) is 16.1 Å².